The van der Waals surface area contributed by atoms with Crippen molar-refractivity contribution in [2.75, 3.05) is 40.3 Å². The molecule has 0 saturated heterocycles. The Hall–Kier alpha value is -1.75. The Balaban J connectivity index is 2.42. The summed E-state index contributed by atoms with van der Waals surface area (Å²) < 4.78 is 0. The zero-order valence-electron chi connectivity index (χ0n) is 16.4. The van der Waals surface area contributed by atoms with Crippen molar-refractivity contribution in [1.82, 2.24) is 14.8 Å². The number of hydrogen-bond acceptors (Lipinski definition) is 4. The molecular formula is C20H34N4O. The largest absolute Gasteiger partial charge is 0.342 e. The van der Waals surface area contributed by atoms with Crippen LogP contribution in [0, 0.1) is 0 Å². The van der Waals surface area contributed by atoms with Gasteiger partial charge >= 0.3 is 0 Å². The second-order valence-electron chi connectivity index (χ2n) is 6.60. The summed E-state index contributed by atoms with van der Waals surface area (Å²) in [7, 11) is 4.06. The fraction of sp³-hybridized carbons (Fsp3) is 0.650. The van der Waals surface area contributed by atoms with Crippen LogP contribution in [0.1, 0.15) is 50.8 Å². The number of likely N-dealkylation sites (N-methyl/N-ethyl adjacent to an activating group) is 2. The first-order valence-electron chi connectivity index (χ1n) is 9.44. The zero-order chi connectivity index (χ0) is 18.5. The lowest BCUT2D eigenvalue weighted by atomic mass is 10.1. The molecule has 1 amide bonds. The summed E-state index contributed by atoms with van der Waals surface area (Å²) in [5, 5.41) is 0. The highest BCUT2D eigenvalue weighted by Gasteiger charge is 2.11. The molecule has 0 radical (unpaired) electrons. The Morgan fingerprint density at radius 3 is 2.72 bits per heavy atom. The monoisotopic (exact) mass is 346 g/mol. The number of unbranched alkanes of at least 4 members (excludes halogenated alkanes) is 1. The van der Waals surface area contributed by atoms with E-state index in [1.54, 1.807) is 0 Å². The van der Waals surface area contributed by atoms with Gasteiger partial charge in [-0.15, -0.1) is 0 Å². The first kappa shape index (κ1) is 21.3. The number of carbonyl (C=O) groups is 1. The predicted octanol–water partition coefficient (Wildman–Crippen LogP) is 3.03. The third-order valence-electron chi connectivity index (χ3n) is 4.10. The number of aliphatic imine (C=N–C) groups is 1. The molecule has 1 aromatic rings. The van der Waals surface area contributed by atoms with Gasteiger partial charge in [-0.25, -0.2) is 0 Å². The van der Waals surface area contributed by atoms with E-state index < -0.39 is 0 Å². The summed E-state index contributed by atoms with van der Waals surface area (Å²) in [6.07, 6.45) is 8.28. The first-order chi connectivity index (χ1) is 12.1. The quantitative estimate of drug-likeness (QED) is 0.432. The molecule has 5 heteroatoms. The third-order valence-corrected chi connectivity index (χ3v) is 4.10. The van der Waals surface area contributed by atoms with Crippen LogP contribution in [0.3, 0.4) is 0 Å². The van der Waals surface area contributed by atoms with Crippen LogP contribution >= 0.6 is 0 Å². The number of aryl methyl sites for hydroxylation is 1. The van der Waals surface area contributed by atoms with Crippen LogP contribution in [0.4, 0.5) is 0 Å². The van der Waals surface area contributed by atoms with Gasteiger partial charge in [0.25, 0.3) is 0 Å². The van der Waals surface area contributed by atoms with E-state index in [0.717, 1.165) is 63.1 Å². The molecule has 0 atom stereocenters. The number of hydrogen-bond donors (Lipinski definition) is 0. The van der Waals surface area contributed by atoms with Crippen molar-refractivity contribution < 1.29 is 4.79 Å². The van der Waals surface area contributed by atoms with E-state index in [9.17, 15) is 4.79 Å². The summed E-state index contributed by atoms with van der Waals surface area (Å²) in [4.78, 5) is 25.2. The Kier molecular flexibility index (Phi) is 10.7. The van der Waals surface area contributed by atoms with Crippen LogP contribution in [0.5, 0.6) is 0 Å². The van der Waals surface area contributed by atoms with Crippen molar-refractivity contribution in [3.8, 4) is 0 Å². The van der Waals surface area contributed by atoms with Gasteiger partial charge in [-0.05, 0) is 58.0 Å². The van der Waals surface area contributed by atoms with Crippen molar-refractivity contribution in [2.24, 2.45) is 4.99 Å². The SMILES string of the molecule is CCCCN=Cc1ccnc(CCCC(=O)N(CC)CCN(C)C)c1. The summed E-state index contributed by atoms with van der Waals surface area (Å²) in [6.45, 7) is 7.56. The minimum atomic E-state index is 0.238. The molecule has 0 saturated carbocycles. The maximum absolute atomic E-state index is 12.3. The highest BCUT2D eigenvalue weighted by atomic mass is 16.2. The van der Waals surface area contributed by atoms with E-state index in [4.69, 9.17) is 0 Å². The molecular weight excluding hydrogens is 312 g/mol. The molecule has 1 heterocycles. The summed E-state index contributed by atoms with van der Waals surface area (Å²) in [5.41, 5.74) is 2.12. The third kappa shape index (κ3) is 9.34. The summed E-state index contributed by atoms with van der Waals surface area (Å²) in [5.74, 6) is 0.238. The van der Waals surface area contributed by atoms with Gasteiger partial charge in [-0.2, -0.15) is 0 Å². The second kappa shape index (κ2) is 12.6. The fourth-order valence-electron chi connectivity index (χ4n) is 2.49. The van der Waals surface area contributed by atoms with Crippen molar-refractivity contribution in [2.45, 2.75) is 46.0 Å². The van der Waals surface area contributed by atoms with Crippen molar-refractivity contribution in [1.29, 1.82) is 0 Å². The van der Waals surface area contributed by atoms with Gasteiger partial charge in [0.15, 0.2) is 0 Å². The second-order valence-corrected chi connectivity index (χ2v) is 6.60. The lowest BCUT2D eigenvalue weighted by Crippen LogP contribution is -2.36. The fourth-order valence-corrected chi connectivity index (χ4v) is 2.49. The highest BCUT2D eigenvalue weighted by molar-refractivity contribution is 5.79. The van der Waals surface area contributed by atoms with Crippen LogP contribution in [0.2, 0.25) is 0 Å². The van der Waals surface area contributed by atoms with Crippen molar-refractivity contribution in [3.05, 3.63) is 29.6 Å². The lowest BCUT2D eigenvalue weighted by molar-refractivity contribution is -0.131. The van der Waals surface area contributed by atoms with Gasteiger partial charge in [-0.1, -0.05) is 13.3 Å². The Morgan fingerprint density at radius 1 is 1.24 bits per heavy atom. The maximum atomic E-state index is 12.3. The van der Waals surface area contributed by atoms with Gasteiger partial charge in [0, 0.05) is 50.7 Å². The Labute approximate surface area is 153 Å². The number of rotatable bonds is 12. The predicted molar refractivity (Wildman–Crippen MR) is 105 cm³/mol. The smallest absolute Gasteiger partial charge is 0.222 e. The molecule has 25 heavy (non-hydrogen) atoms. The summed E-state index contributed by atoms with van der Waals surface area (Å²) >= 11 is 0. The van der Waals surface area contributed by atoms with E-state index in [1.165, 1.54) is 0 Å². The molecule has 1 rings (SSSR count). The van der Waals surface area contributed by atoms with Crippen molar-refractivity contribution in [3.63, 3.8) is 0 Å². The standard InChI is InChI=1S/C20H34N4O/c1-5-7-12-21-17-18-11-13-22-19(16-18)9-8-10-20(25)24(6-2)15-14-23(3)4/h11,13,16-17H,5-10,12,14-15H2,1-4H3. The van der Waals surface area contributed by atoms with Gasteiger partial charge in [0.05, 0.1) is 0 Å². The molecule has 0 spiro atoms. The van der Waals surface area contributed by atoms with E-state index in [0.29, 0.717) is 6.42 Å². The average molecular weight is 347 g/mol. The molecule has 1 aromatic heterocycles. The Bertz CT molecular complexity index is 528. The van der Waals surface area contributed by atoms with Crippen LogP contribution < -0.4 is 0 Å². The van der Waals surface area contributed by atoms with E-state index >= 15 is 0 Å². The molecule has 0 aliphatic rings. The van der Waals surface area contributed by atoms with Crippen LogP contribution in [0.15, 0.2) is 23.3 Å². The molecule has 140 valence electrons. The molecule has 0 unspecified atom stereocenters. The normalized spacial score (nSPS) is 11.4. The molecule has 5 nitrogen and oxygen atoms in total. The van der Waals surface area contributed by atoms with Gasteiger partial charge in [-0.3, -0.25) is 14.8 Å². The van der Waals surface area contributed by atoms with Crippen molar-refractivity contribution >= 4 is 12.1 Å². The van der Waals surface area contributed by atoms with Gasteiger partial charge in [0.2, 0.25) is 5.91 Å². The topological polar surface area (TPSA) is 48.8 Å². The van der Waals surface area contributed by atoms with Gasteiger partial charge in [0.1, 0.15) is 0 Å². The van der Waals surface area contributed by atoms with E-state index in [1.807, 2.05) is 44.4 Å². The Morgan fingerprint density at radius 2 is 2.04 bits per heavy atom. The van der Waals surface area contributed by atoms with Crippen LogP contribution in [-0.2, 0) is 11.2 Å². The minimum Gasteiger partial charge on any atom is -0.342 e. The average Bonchev–Trinajstić information content (AvgIpc) is 2.59. The van der Waals surface area contributed by atoms with E-state index in [-0.39, 0.29) is 5.91 Å². The number of aromatic nitrogens is 1. The zero-order valence-corrected chi connectivity index (χ0v) is 16.4. The number of nitrogens with zero attached hydrogens (tertiary/aromatic N) is 4. The highest BCUT2D eigenvalue weighted by Crippen LogP contribution is 2.06. The van der Waals surface area contributed by atoms with Crippen LogP contribution in [-0.4, -0.2) is 67.2 Å². The minimum absolute atomic E-state index is 0.238. The number of carbonyl (C=O) groups excluding carboxylic acids is 1. The molecule has 0 aromatic carbocycles. The molecule has 0 aliphatic heterocycles. The van der Waals surface area contributed by atoms with E-state index in [2.05, 4.69) is 27.9 Å². The first-order valence-corrected chi connectivity index (χ1v) is 9.44. The molecule has 0 bridgehead atoms. The summed E-state index contributed by atoms with van der Waals surface area (Å²) in [6, 6.07) is 4.05. The van der Waals surface area contributed by atoms with Crippen LogP contribution in [0.25, 0.3) is 0 Å². The maximum Gasteiger partial charge on any atom is 0.222 e. The molecule has 0 fully saturated rings. The number of amides is 1. The van der Waals surface area contributed by atoms with Gasteiger partial charge < -0.3 is 9.80 Å². The lowest BCUT2D eigenvalue weighted by Gasteiger charge is -2.22. The molecule has 0 aliphatic carbocycles. The molecule has 0 N–H and O–H groups in total. The number of pyridine rings is 1.